The summed E-state index contributed by atoms with van der Waals surface area (Å²) in [5.74, 6) is 1.62. The minimum atomic E-state index is -0.109. The van der Waals surface area contributed by atoms with Crippen molar-refractivity contribution in [2.24, 2.45) is 0 Å². The maximum atomic E-state index is 6.33. The summed E-state index contributed by atoms with van der Waals surface area (Å²) in [4.78, 5) is 0. The number of aromatic nitrogens is 3. The molecule has 0 radical (unpaired) electrons. The van der Waals surface area contributed by atoms with Crippen LogP contribution >= 0.6 is 0 Å². The predicted molar refractivity (Wildman–Crippen MR) is 183 cm³/mol. The second-order valence-electron chi connectivity index (χ2n) is 12.3. The van der Waals surface area contributed by atoms with Crippen LogP contribution in [0.2, 0.25) is 0 Å². The van der Waals surface area contributed by atoms with Gasteiger partial charge in [-0.3, -0.25) is 4.57 Å². The van der Waals surface area contributed by atoms with Gasteiger partial charge in [0.25, 0.3) is 0 Å². The lowest BCUT2D eigenvalue weighted by Gasteiger charge is -2.22. The van der Waals surface area contributed by atoms with E-state index in [1.807, 2.05) is 30.3 Å². The van der Waals surface area contributed by atoms with E-state index in [1.54, 1.807) is 0 Å². The second kappa shape index (κ2) is 9.63. The molecule has 0 aliphatic heterocycles. The van der Waals surface area contributed by atoms with Gasteiger partial charge in [0, 0.05) is 38.6 Å². The lowest BCUT2D eigenvalue weighted by molar-refractivity contribution is 0.659. The molecule has 0 atom stereocenters. The van der Waals surface area contributed by atoms with Crippen LogP contribution in [0.1, 0.15) is 25.0 Å². The highest BCUT2D eigenvalue weighted by atomic mass is 16.3. The molecule has 9 rings (SSSR count). The predicted octanol–water partition coefficient (Wildman–Crippen LogP) is 10.5. The molecule has 1 aliphatic rings. The molecule has 0 bridgehead atoms. The van der Waals surface area contributed by atoms with Gasteiger partial charge in [-0.05, 0) is 46.0 Å². The Labute approximate surface area is 261 Å². The Bertz CT molecular complexity index is 2390. The zero-order valence-electron chi connectivity index (χ0n) is 25.0. The third kappa shape index (κ3) is 3.85. The van der Waals surface area contributed by atoms with Crippen LogP contribution in [0.4, 0.5) is 0 Å². The molecule has 2 aromatic heterocycles. The van der Waals surface area contributed by atoms with Crippen LogP contribution in [0.5, 0.6) is 0 Å². The third-order valence-corrected chi connectivity index (χ3v) is 9.38. The van der Waals surface area contributed by atoms with Gasteiger partial charge in [0.1, 0.15) is 11.2 Å². The molecule has 0 spiro atoms. The first-order valence-electron chi connectivity index (χ1n) is 15.3. The summed E-state index contributed by atoms with van der Waals surface area (Å²) in [6.07, 6.45) is 0. The molecule has 45 heavy (non-hydrogen) atoms. The van der Waals surface area contributed by atoms with E-state index in [-0.39, 0.29) is 5.41 Å². The summed E-state index contributed by atoms with van der Waals surface area (Å²) in [6, 6.07) is 49.0. The van der Waals surface area contributed by atoms with E-state index in [0.717, 1.165) is 61.5 Å². The van der Waals surface area contributed by atoms with Crippen LogP contribution in [0.15, 0.2) is 144 Å². The molecule has 214 valence electrons. The van der Waals surface area contributed by atoms with Crippen LogP contribution in [0.3, 0.4) is 0 Å². The molecule has 0 amide bonds. The van der Waals surface area contributed by atoms with Gasteiger partial charge >= 0.3 is 0 Å². The van der Waals surface area contributed by atoms with E-state index >= 15 is 0 Å². The summed E-state index contributed by atoms with van der Waals surface area (Å²) in [5, 5.41) is 11.8. The Hall–Kier alpha value is -5.74. The summed E-state index contributed by atoms with van der Waals surface area (Å²) in [7, 11) is 0. The highest BCUT2D eigenvalue weighted by Gasteiger charge is 2.35. The molecular weight excluding hydrogens is 550 g/mol. The van der Waals surface area contributed by atoms with Crippen LogP contribution in [-0.4, -0.2) is 14.8 Å². The van der Waals surface area contributed by atoms with Gasteiger partial charge in [0.2, 0.25) is 0 Å². The standard InChI is InChI=1S/C41H29N3O/c1-41(2)35-17-8-6-13-31(35)32-24-23-29(25-36(32)41)44-39(27-11-4-3-5-12-27)42-43-40(44)28-21-19-26(20-22-28)30-15-10-16-34-33-14-7-9-18-37(33)45-38(30)34/h3-25H,1-2H3. The number of hydrogen-bond acceptors (Lipinski definition) is 3. The smallest absolute Gasteiger partial charge is 0.168 e. The average molecular weight is 580 g/mol. The van der Waals surface area contributed by atoms with E-state index in [9.17, 15) is 0 Å². The largest absolute Gasteiger partial charge is 0.455 e. The fraction of sp³-hybridized carbons (Fsp3) is 0.0732. The monoisotopic (exact) mass is 579 g/mol. The summed E-state index contributed by atoms with van der Waals surface area (Å²) in [6.45, 7) is 4.63. The third-order valence-electron chi connectivity index (χ3n) is 9.38. The minimum absolute atomic E-state index is 0.109. The molecule has 8 aromatic rings. The Morgan fingerprint density at radius 1 is 0.511 bits per heavy atom. The fourth-order valence-corrected chi connectivity index (χ4v) is 7.09. The lowest BCUT2D eigenvalue weighted by Crippen LogP contribution is -2.15. The van der Waals surface area contributed by atoms with Crippen molar-refractivity contribution in [3.63, 3.8) is 0 Å². The first kappa shape index (κ1) is 25.7. The SMILES string of the molecule is CC1(C)c2ccccc2-c2ccc(-n3c(-c4ccccc4)nnc3-c3ccc(-c4cccc5c4oc4ccccc45)cc3)cc21. The van der Waals surface area contributed by atoms with Crippen molar-refractivity contribution < 1.29 is 4.42 Å². The maximum Gasteiger partial charge on any atom is 0.168 e. The van der Waals surface area contributed by atoms with Crippen molar-refractivity contribution >= 4 is 21.9 Å². The molecule has 2 heterocycles. The van der Waals surface area contributed by atoms with Crippen LogP contribution in [0, 0.1) is 0 Å². The molecule has 0 unspecified atom stereocenters. The first-order chi connectivity index (χ1) is 22.1. The lowest BCUT2D eigenvalue weighted by atomic mass is 9.82. The Kier molecular flexibility index (Phi) is 5.51. The van der Waals surface area contributed by atoms with E-state index in [1.165, 1.54) is 22.3 Å². The van der Waals surface area contributed by atoms with Crippen molar-refractivity contribution in [3.8, 4) is 50.7 Å². The quantitative estimate of drug-likeness (QED) is 0.208. The number of rotatable bonds is 4. The van der Waals surface area contributed by atoms with Gasteiger partial charge in [0.05, 0.1) is 0 Å². The summed E-state index contributed by atoms with van der Waals surface area (Å²) >= 11 is 0. The highest BCUT2D eigenvalue weighted by Crippen LogP contribution is 2.49. The number of fused-ring (bicyclic) bond motifs is 6. The van der Waals surface area contributed by atoms with Crippen LogP contribution < -0.4 is 0 Å². The summed E-state index contributed by atoms with van der Waals surface area (Å²) in [5.41, 5.74) is 12.2. The number of benzene rings is 6. The topological polar surface area (TPSA) is 43.9 Å². The zero-order chi connectivity index (χ0) is 30.1. The zero-order valence-corrected chi connectivity index (χ0v) is 25.0. The first-order valence-corrected chi connectivity index (χ1v) is 15.3. The van der Waals surface area contributed by atoms with Crippen molar-refractivity contribution in [1.29, 1.82) is 0 Å². The number of furan rings is 1. The summed E-state index contributed by atoms with van der Waals surface area (Å²) < 4.78 is 8.53. The van der Waals surface area contributed by atoms with Gasteiger partial charge in [-0.2, -0.15) is 0 Å². The molecular formula is C41H29N3O. The van der Waals surface area contributed by atoms with Gasteiger partial charge in [-0.1, -0.05) is 135 Å². The normalized spacial score (nSPS) is 13.3. The van der Waals surface area contributed by atoms with E-state index in [0.29, 0.717) is 0 Å². The number of hydrogen-bond donors (Lipinski definition) is 0. The average Bonchev–Trinajstić information content (AvgIpc) is 3.76. The van der Waals surface area contributed by atoms with E-state index < -0.39 is 0 Å². The molecule has 0 fully saturated rings. The number of nitrogens with zero attached hydrogens (tertiary/aromatic N) is 3. The minimum Gasteiger partial charge on any atom is -0.455 e. The number of para-hydroxylation sites is 2. The van der Waals surface area contributed by atoms with Crippen molar-refractivity contribution in [1.82, 2.24) is 14.8 Å². The second-order valence-corrected chi connectivity index (χ2v) is 12.3. The molecule has 1 aliphatic carbocycles. The van der Waals surface area contributed by atoms with Crippen LogP contribution in [-0.2, 0) is 5.41 Å². The van der Waals surface area contributed by atoms with E-state index in [2.05, 4.69) is 128 Å². The van der Waals surface area contributed by atoms with E-state index in [4.69, 9.17) is 14.6 Å². The highest BCUT2D eigenvalue weighted by molar-refractivity contribution is 6.09. The van der Waals surface area contributed by atoms with Crippen molar-refractivity contribution in [2.75, 3.05) is 0 Å². The van der Waals surface area contributed by atoms with Gasteiger partial charge in [-0.25, -0.2) is 0 Å². The fourth-order valence-electron chi connectivity index (χ4n) is 7.09. The molecule has 4 heteroatoms. The van der Waals surface area contributed by atoms with Gasteiger partial charge in [0.15, 0.2) is 11.6 Å². The van der Waals surface area contributed by atoms with Crippen molar-refractivity contribution in [3.05, 3.63) is 151 Å². The maximum absolute atomic E-state index is 6.33. The molecule has 0 saturated carbocycles. The molecule has 0 N–H and O–H groups in total. The molecule has 4 nitrogen and oxygen atoms in total. The van der Waals surface area contributed by atoms with Gasteiger partial charge in [-0.15, -0.1) is 10.2 Å². The Morgan fingerprint density at radius 2 is 1.13 bits per heavy atom. The Morgan fingerprint density at radius 3 is 1.96 bits per heavy atom. The molecule has 0 saturated heterocycles. The van der Waals surface area contributed by atoms with Gasteiger partial charge < -0.3 is 4.42 Å². The molecule has 6 aromatic carbocycles. The Balaban J connectivity index is 1.19. The van der Waals surface area contributed by atoms with Crippen molar-refractivity contribution in [2.45, 2.75) is 19.3 Å². The van der Waals surface area contributed by atoms with Crippen LogP contribution in [0.25, 0.3) is 72.7 Å².